The number of aliphatic hydroxyl groups is 1. The molecular formula is C11H14BrNO2. The number of ether oxygens (including phenoxy) is 1. The Morgan fingerprint density at radius 3 is 2.87 bits per heavy atom. The number of anilines is 1. The van der Waals surface area contributed by atoms with E-state index in [1.807, 2.05) is 19.9 Å². The summed E-state index contributed by atoms with van der Waals surface area (Å²) >= 11 is 3.36. The van der Waals surface area contributed by atoms with Gasteiger partial charge in [0.2, 0.25) is 0 Å². The molecule has 1 aliphatic heterocycles. The lowest BCUT2D eigenvalue weighted by atomic mass is 9.91. The molecule has 3 N–H and O–H groups in total. The number of benzene rings is 1. The Morgan fingerprint density at radius 2 is 2.20 bits per heavy atom. The Kier molecular flexibility index (Phi) is 2.43. The van der Waals surface area contributed by atoms with Crippen LogP contribution in [-0.2, 0) is 6.42 Å². The van der Waals surface area contributed by atoms with Crippen molar-refractivity contribution in [2.45, 2.75) is 32.0 Å². The molecule has 0 aromatic heterocycles. The van der Waals surface area contributed by atoms with Crippen LogP contribution in [0, 0.1) is 0 Å². The molecule has 0 saturated carbocycles. The Labute approximate surface area is 97.4 Å². The lowest BCUT2D eigenvalue weighted by Gasteiger charge is -2.37. The van der Waals surface area contributed by atoms with Gasteiger partial charge in [0.25, 0.3) is 0 Å². The van der Waals surface area contributed by atoms with Crippen molar-refractivity contribution in [1.29, 1.82) is 0 Å². The van der Waals surface area contributed by atoms with Crippen LogP contribution >= 0.6 is 15.9 Å². The highest BCUT2D eigenvalue weighted by Gasteiger charge is 2.35. The second-order valence-electron chi connectivity index (χ2n) is 4.41. The maximum Gasteiger partial charge on any atom is 0.129 e. The van der Waals surface area contributed by atoms with Crippen LogP contribution in [0.2, 0.25) is 0 Å². The van der Waals surface area contributed by atoms with Gasteiger partial charge in [-0.3, -0.25) is 0 Å². The standard InChI is InChI=1S/C11H14BrNO2/c1-11(2)10(14)4-6-3-7(12)8(13)5-9(6)15-11/h3,5,10,14H,4,13H2,1-2H3. The van der Waals surface area contributed by atoms with Gasteiger partial charge < -0.3 is 15.6 Å². The quantitative estimate of drug-likeness (QED) is 0.711. The van der Waals surface area contributed by atoms with E-state index in [0.717, 1.165) is 15.8 Å². The first-order chi connectivity index (χ1) is 6.90. The molecule has 1 aromatic rings. The summed E-state index contributed by atoms with van der Waals surface area (Å²) < 4.78 is 6.56. The van der Waals surface area contributed by atoms with Crippen molar-refractivity contribution in [2.75, 3.05) is 5.73 Å². The van der Waals surface area contributed by atoms with Crippen molar-refractivity contribution in [3.8, 4) is 5.75 Å². The summed E-state index contributed by atoms with van der Waals surface area (Å²) in [5.74, 6) is 0.769. The van der Waals surface area contributed by atoms with Gasteiger partial charge in [-0.05, 0) is 41.4 Å². The van der Waals surface area contributed by atoms with E-state index >= 15 is 0 Å². The Balaban J connectivity index is 2.46. The maximum absolute atomic E-state index is 9.87. The minimum absolute atomic E-state index is 0.486. The van der Waals surface area contributed by atoms with Gasteiger partial charge in [-0.15, -0.1) is 0 Å². The first-order valence-electron chi connectivity index (χ1n) is 4.85. The second kappa shape index (κ2) is 3.39. The molecule has 0 amide bonds. The van der Waals surface area contributed by atoms with Crippen molar-refractivity contribution >= 4 is 21.6 Å². The summed E-state index contributed by atoms with van der Waals surface area (Å²) in [4.78, 5) is 0. The topological polar surface area (TPSA) is 55.5 Å². The number of halogens is 1. The number of nitrogen functional groups attached to an aromatic ring is 1. The molecule has 1 aromatic carbocycles. The van der Waals surface area contributed by atoms with Gasteiger partial charge in [-0.2, -0.15) is 0 Å². The van der Waals surface area contributed by atoms with E-state index in [1.54, 1.807) is 6.07 Å². The first kappa shape index (κ1) is 10.8. The highest BCUT2D eigenvalue weighted by molar-refractivity contribution is 9.10. The van der Waals surface area contributed by atoms with Crippen molar-refractivity contribution in [3.63, 3.8) is 0 Å². The van der Waals surface area contributed by atoms with Crippen molar-refractivity contribution < 1.29 is 9.84 Å². The van der Waals surface area contributed by atoms with Crippen LogP contribution in [0.5, 0.6) is 5.75 Å². The zero-order valence-corrected chi connectivity index (χ0v) is 10.3. The Morgan fingerprint density at radius 1 is 1.53 bits per heavy atom. The van der Waals surface area contributed by atoms with Crippen LogP contribution in [0.1, 0.15) is 19.4 Å². The predicted molar refractivity (Wildman–Crippen MR) is 63.0 cm³/mol. The molecular weight excluding hydrogens is 258 g/mol. The maximum atomic E-state index is 9.87. The zero-order chi connectivity index (χ0) is 11.2. The molecule has 0 aliphatic carbocycles. The molecule has 0 fully saturated rings. The smallest absolute Gasteiger partial charge is 0.129 e. The molecule has 0 spiro atoms. The van der Waals surface area contributed by atoms with Crippen LogP contribution in [0.3, 0.4) is 0 Å². The summed E-state index contributed by atoms with van der Waals surface area (Å²) in [5, 5.41) is 9.87. The van der Waals surface area contributed by atoms with Gasteiger partial charge in [-0.1, -0.05) is 0 Å². The minimum Gasteiger partial charge on any atom is -0.485 e. The highest BCUT2D eigenvalue weighted by Crippen LogP contribution is 2.37. The predicted octanol–water partition coefficient (Wildman–Crippen LogP) is 2.11. The van der Waals surface area contributed by atoms with Crippen LogP contribution in [0.25, 0.3) is 0 Å². The monoisotopic (exact) mass is 271 g/mol. The van der Waals surface area contributed by atoms with E-state index in [1.165, 1.54) is 0 Å². The van der Waals surface area contributed by atoms with Gasteiger partial charge in [-0.25, -0.2) is 0 Å². The van der Waals surface area contributed by atoms with Crippen LogP contribution in [0.4, 0.5) is 5.69 Å². The Bertz CT molecular complexity index is 404. The second-order valence-corrected chi connectivity index (χ2v) is 5.26. The summed E-state index contributed by atoms with van der Waals surface area (Å²) in [6.45, 7) is 3.75. The summed E-state index contributed by atoms with van der Waals surface area (Å²) in [6, 6.07) is 3.70. The summed E-state index contributed by atoms with van der Waals surface area (Å²) in [6.07, 6.45) is 0.113. The third-order valence-electron chi connectivity index (χ3n) is 2.77. The van der Waals surface area contributed by atoms with Crippen molar-refractivity contribution in [3.05, 3.63) is 22.2 Å². The fourth-order valence-electron chi connectivity index (χ4n) is 1.67. The molecule has 4 heteroatoms. The fraction of sp³-hybridized carbons (Fsp3) is 0.455. The summed E-state index contributed by atoms with van der Waals surface area (Å²) in [5.41, 5.74) is 6.87. The molecule has 1 unspecified atom stereocenters. The molecule has 0 saturated heterocycles. The van der Waals surface area contributed by atoms with Gasteiger partial charge in [0.1, 0.15) is 11.4 Å². The molecule has 1 heterocycles. The number of fused-ring (bicyclic) bond motifs is 1. The number of hydrogen-bond donors (Lipinski definition) is 2. The third-order valence-corrected chi connectivity index (χ3v) is 3.46. The zero-order valence-electron chi connectivity index (χ0n) is 8.75. The number of hydrogen-bond acceptors (Lipinski definition) is 3. The van der Waals surface area contributed by atoms with Gasteiger partial charge in [0.15, 0.2) is 0 Å². The van der Waals surface area contributed by atoms with E-state index in [2.05, 4.69) is 15.9 Å². The largest absolute Gasteiger partial charge is 0.485 e. The van der Waals surface area contributed by atoms with E-state index in [9.17, 15) is 5.11 Å². The van der Waals surface area contributed by atoms with Crippen molar-refractivity contribution in [2.24, 2.45) is 0 Å². The molecule has 0 radical (unpaired) electrons. The lowest BCUT2D eigenvalue weighted by Crippen LogP contribution is -2.46. The average molecular weight is 272 g/mol. The van der Waals surface area contributed by atoms with E-state index in [4.69, 9.17) is 10.5 Å². The molecule has 3 nitrogen and oxygen atoms in total. The molecule has 0 bridgehead atoms. The normalized spacial score (nSPS) is 23.1. The van der Waals surface area contributed by atoms with Gasteiger partial charge >= 0.3 is 0 Å². The lowest BCUT2D eigenvalue weighted by molar-refractivity contribution is -0.0411. The first-order valence-corrected chi connectivity index (χ1v) is 5.64. The fourth-order valence-corrected chi connectivity index (χ4v) is 2.06. The number of rotatable bonds is 0. The molecule has 1 atom stereocenters. The van der Waals surface area contributed by atoms with E-state index in [0.29, 0.717) is 12.1 Å². The van der Waals surface area contributed by atoms with E-state index < -0.39 is 11.7 Å². The third kappa shape index (κ3) is 1.84. The van der Waals surface area contributed by atoms with Crippen molar-refractivity contribution in [1.82, 2.24) is 0 Å². The van der Waals surface area contributed by atoms with Gasteiger partial charge in [0.05, 0.1) is 6.10 Å². The molecule has 82 valence electrons. The minimum atomic E-state index is -0.548. The van der Waals surface area contributed by atoms with Crippen LogP contribution in [-0.4, -0.2) is 16.8 Å². The van der Waals surface area contributed by atoms with Crippen LogP contribution in [0.15, 0.2) is 16.6 Å². The average Bonchev–Trinajstić information content (AvgIpc) is 2.11. The van der Waals surface area contributed by atoms with Crippen LogP contribution < -0.4 is 10.5 Å². The van der Waals surface area contributed by atoms with E-state index in [-0.39, 0.29) is 0 Å². The Hall–Kier alpha value is -0.740. The SMILES string of the molecule is CC1(C)Oc2cc(N)c(Br)cc2CC1O. The molecule has 2 rings (SSSR count). The summed E-state index contributed by atoms with van der Waals surface area (Å²) in [7, 11) is 0. The number of nitrogens with two attached hydrogens (primary N) is 1. The van der Waals surface area contributed by atoms with Gasteiger partial charge in [0, 0.05) is 22.6 Å². The highest BCUT2D eigenvalue weighted by atomic mass is 79.9. The molecule has 15 heavy (non-hydrogen) atoms. The number of aliphatic hydroxyl groups excluding tert-OH is 1. The molecule has 1 aliphatic rings.